The van der Waals surface area contributed by atoms with Gasteiger partial charge in [-0.25, -0.2) is 9.97 Å². The molecule has 4 nitrogen and oxygen atoms in total. The first-order valence-electron chi connectivity index (χ1n) is 16.2. The number of imidazole rings is 2. The molecule has 0 saturated carbocycles. The molecule has 0 radical (unpaired) electrons. The highest BCUT2D eigenvalue weighted by molar-refractivity contribution is 5.76. The van der Waals surface area contributed by atoms with Crippen LogP contribution in [0.2, 0.25) is 0 Å². The average molecular weight is 529 g/mol. The van der Waals surface area contributed by atoms with Gasteiger partial charge in [-0.3, -0.25) is 0 Å². The second-order valence-electron chi connectivity index (χ2n) is 11.4. The average Bonchev–Trinajstić information content (AvgIpc) is 3.49. The van der Waals surface area contributed by atoms with E-state index in [-0.39, 0.29) is 0 Å². The zero-order chi connectivity index (χ0) is 27.1. The van der Waals surface area contributed by atoms with E-state index >= 15 is 0 Å². The third-order valence-electron chi connectivity index (χ3n) is 8.24. The van der Waals surface area contributed by atoms with Gasteiger partial charge in [0.25, 0.3) is 0 Å². The van der Waals surface area contributed by atoms with Gasteiger partial charge in [0, 0.05) is 25.9 Å². The van der Waals surface area contributed by atoms with E-state index in [1.807, 2.05) is 0 Å². The van der Waals surface area contributed by atoms with Gasteiger partial charge in [0.1, 0.15) is 11.6 Å². The van der Waals surface area contributed by atoms with Crippen molar-refractivity contribution in [3.8, 4) is 0 Å². The molecular weight excluding hydrogens is 476 g/mol. The maximum absolute atomic E-state index is 5.08. The number of hydrogen-bond donors (Lipinski definition) is 0. The Hall–Kier alpha value is -2.62. The lowest BCUT2D eigenvalue weighted by Gasteiger charge is -2.11. The Morgan fingerprint density at radius 3 is 1.28 bits per heavy atom. The highest BCUT2D eigenvalue weighted by Crippen LogP contribution is 2.22. The Morgan fingerprint density at radius 2 is 0.846 bits per heavy atom. The summed E-state index contributed by atoms with van der Waals surface area (Å²) < 4.78 is 5.01. The normalized spacial score (nSPS) is 11.7. The summed E-state index contributed by atoms with van der Waals surface area (Å²) in [4.78, 5) is 10.2. The quantitative estimate of drug-likeness (QED) is 0.107. The lowest BCUT2D eigenvalue weighted by atomic mass is 10.1. The summed E-state index contributed by atoms with van der Waals surface area (Å²) >= 11 is 0. The summed E-state index contributed by atoms with van der Waals surface area (Å²) in [6, 6.07) is 17.4. The summed E-state index contributed by atoms with van der Waals surface area (Å²) in [5.41, 5.74) is 4.87. The molecule has 0 aliphatic heterocycles. The van der Waals surface area contributed by atoms with Gasteiger partial charge >= 0.3 is 0 Å². The minimum absolute atomic E-state index is 1.01. The summed E-state index contributed by atoms with van der Waals surface area (Å²) in [6.07, 6.45) is 21.9. The van der Waals surface area contributed by atoms with Crippen LogP contribution in [-0.2, 0) is 25.9 Å². The molecular formula is C35H52N4. The lowest BCUT2D eigenvalue weighted by molar-refractivity contribution is 0.536. The van der Waals surface area contributed by atoms with Crippen LogP contribution in [0.1, 0.15) is 122 Å². The molecule has 2 heterocycles. The molecule has 0 bridgehead atoms. The fourth-order valence-corrected chi connectivity index (χ4v) is 5.99. The fraction of sp³-hybridized carbons (Fsp3) is 0.600. The molecule has 0 aliphatic rings. The van der Waals surface area contributed by atoms with E-state index < -0.39 is 0 Å². The van der Waals surface area contributed by atoms with Gasteiger partial charge in [0.15, 0.2) is 0 Å². The zero-order valence-electron chi connectivity index (χ0n) is 24.8. The van der Waals surface area contributed by atoms with Crippen LogP contribution >= 0.6 is 0 Å². The van der Waals surface area contributed by atoms with Crippen LogP contribution in [0.4, 0.5) is 0 Å². The molecule has 4 aromatic rings. The number of para-hydroxylation sites is 4. The first-order chi connectivity index (χ1) is 19.3. The fourth-order valence-electron chi connectivity index (χ4n) is 5.99. The molecule has 0 aliphatic carbocycles. The van der Waals surface area contributed by atoms with Crippen molar-refractivity contribution in [2.45, 2.75) is 136 Å². The number of rotatable bonds is 20. The number of nitrogens with zero attached hydrogens (tertiary/aromatic N) is 4. The zero-order valence-corrected chi connectivity index (χ0v) is 24.8. The van der Waals surface area contributed by atoms with Crippen LogP contribution in [-0.4, -0.2) is 19.1 Å². The second-order valence-corrected chi connectivity index (χ2v) is 11.4. The summed E-state index contributed by atoms with van der Waals surface area (Å²) in [5.74, 6) is 2.49. The van der Waals surface area contributed by atoms with Gasteiger partial charge in [0.2, 0.25) is 0 Å². The Kier molecular flexibility index (Phi) is 12.4. The molecule has 0 spiro atoms. The molecule has 4 heteroatoms. The first kappa shape index (κ1) is 29.4. The molecule has 4 rings (SSSR count). The third kappa shape index (κ3) is 8.68. The van der Waals surface area contributed by atoms with Gasteiger partial charge in [-0.15, -0.1) is 0 Å². The van der Waals surface area contributed by atoms with Crippen LogP contribution in [0.15, 0.2) is 48.5 Å². The molecule has 0 atom stereocenters. The predicted molar refractivity (Wildman–Crippen MR) is 167 cm³/mol. The molecule has 0 unspecified atom stereocenters. The van der Waals surface area contributed by atoms with Crippen molar-refractivity contribution in [1.82, 2.24) is 19.1 Å². The standard InChI is InChI=1S/C35H52N4/c1-3-5-7-9-11-13-19-28-38-32-24-17-15-22-30(32)36-34(38)26-21-27-35-37-31-23-16-18-25-33(31)39(35)29-20-14-12-10-8-6-4-2/h15-18,22-25H,3-14,19-21,26-29H2,1-2H3. The van der Waals surface area contributed by atoms with Crippen molar-refractivity contribution >= 4 is 22.1 Å². The number of hydrogen-bond acceptors (Lipinski definition) is 2. The van der Waals surface area contributed by atoms with Gasteiger partial charge in [-0.05, 0) is 43.5 Å². The number of fused-ring (bicyclic) bond motifs is 2. The van der Waals surface area contributed by atoms with Crippen molar-refractivity contribution in [1.29, 1.82) is 0 Å². The number of aryl methyl sites for hydroxylation is 4. The molecule has 0 fully saturated rings. The van der Waals surface area contributed by atoms with Crippen molar-refractivity contribution in [2.75, 3.05) is 0 Å². The third-order valence-corrected chi connectivity index (χ3v) is 8.24. The van der Waals surface area contributed by atoms with Crippen LogP contribution in [0, 0.1) is 0 Å². The van der Waals surface area contributed by atoms with E-state index in [1.54, 1.807) is 0 Å². The Morgan fingerprint density at radius 1 is 0.462 bits per heavy atom. The molecule has 0 saturated heterocycles. The van der Waals surface area contributed by atoms with Crippen molar-refractivity contribution < 1.29 is 0 Å². The van der Waals surface area contributed by atoms with Crippen molar-refractivity contribution in [3.63, 3.8) is 0 Å². The van der Waals surface area contributed by atoms with E-state index in [0.29, 0.717) is 0 Å². The van der Waals surface area contributed by atoms with Crippen LogP contribution < -0.4 is 0 Å². The topological polar surface area (TPSA) is 35.6 Å². The summed E-state index contributed by atoms with van der Waals surface area (Å²) in [7, 11) is 0. The van der Waals surface area contributed by atoms with Gasteiger partial charge < -0.3 is 9.13 Å². The molecule has 0 amide bonds. The largest absolute Gasteiger partial charge is 0.328 e. The number of aromatic nitrogens is 4. The van der Waals surface area contributed by atoms with Crippen LogP contribution in [0.25, 0.3) is 22.1 Å². The Balaban J connectivity index is 1.35. The predicted octanol–water partition coefficient (Wildman–Crippen LogP) is 10.1. The Bertz CT molecular complexity index is 1140. The van der Waals surface area contributed by atoms with Crippen molar-refractivity contribution in [3.05, 3.63) is 60.2 Å². The summed E-state index contributed by atoms with van der Waals surface area (Å²) in [5, 5.41) is 0. The number of unbranched alkanes of at least 4 members (excludes halogenated alkanes) is 12. The molecule has 0 N–H and O–H groups in total. The van der Waals surface area contributed by atoms with Crippen LogP contribution in [0.3, 0.4) is 0 Å². The van der Waals surface area contributed by atoms with Gasteiger partial charge in [-0.1, -0.05) is 115 Å². The monoisotopic (exact) mass is 528 g/mol. The van der Waals surface area contributed by atoms with E-state index in [0.717, 1.165) is 43.4 Å². The van der Waals surface area contributed by atoms with E-state index in [1.165, 1.54) is 113 Å². The van der Waals surface area contributed by atoms with E-state index in [2.05, 4.69) is 71.5 Å². The van der Waals surface area contributed by atoms with E-state index in [9.17, 15) is 0 Å². The SMILES string of the molecule is CCCCCCCCCn1c(CCCc2nc3ccccc3n2CCCCCCCCC)nc2ccccc21. The van der Waals surface area contributed by atoms with Gasteiger partial charge in [0.05, 0.1) is 22.1 Å². The minimum Gasteiger partial charge on any atom is -0.328 e. The molecule has 2 aromatic carbocycles. The lowest BCUT2D eigenvalue weighted by Crippen LogP contribution is -2.08. The maximum atomic E-state index is 5.08. The maximum Gasteiger partial charge on any atom is 0.109 e. The first-order valence-corrected chi connectivity index (χ1v) is 16.2. The van der Waals surface area contributed by atoms with Crippen LogP contribution in [0.5, 0.6) is 0 Å². The van der Waals surface area contributed by atoms with E-state index in [4.69, 9.17) is 9.97 Å². The highest BCUT2D eigenvalue weighted by Gasteiger charge is 2.13. The molecule has 212 valence electrons. The molecule has 39 heavy (non-hydrogen) atoms. The summed E-state index contributed by atoms with van der Waals surface area (Å²) in [6.45, 7) is 6.75. The second kappa shape index (κ2) is 16.5. The minimum atomic E-state index is 1.01. The highest BCUT2D eigenvalue weighted by atomic mass is 15.1. The molecule has 2 aromatic heterocycles. The smallest absolute Gasteiger partial charge is 0.109 e. The number of benzene rings is 2. The Labute approximate surface area is 237 Å². The van der Waals surface area contributed by atoms with Gasteiger partial charge in [-0.2, -0.15) is 0 Å². The van der Waals surface area contributed by atoms with Crippen molar-refractivity contribution in [2.24, 2.45) is 0 Å².